The summed E-state index contributed by atoms with van der Waals surface area (Å²) in [4.78, 5) is 18.5. The second-order valence-corrected chi connectivity index (χ2v) is 7.91. The lowest BCUT2D eigenvalue weighted by Gasteiger charge is -2.25. The monoisotopic (exact) mass is 415 g/mol. The van der Waals surface area contributed by atoms with Crippen LogP contribution in [0.2, 0.25) is 0 Å². The van der Waals surface area contributed by atoms with E-state index >= 15 is 0 Å². The molecular formula is C25H25N3O3. The number of aromatic nitrogens is 2. The Bertz CT molecular complexity index is 1260. The molecule has 3 heterocycles. The number of hydrogen-bond acceptors (Lipinski definition) is 4. The van der Waals surface area contributed by atoms with Gasteiger partial charge in [-0.3, -0.25) is 14.3 Å². The van der Waals surface area contributed by atoms with Gasteiger partial charge in [-0.25, -0.2) is 0 Å². The molecule has 0 spiro atoms. The highest BCUT2D eigenvalue weighted by atomic mass is 16.5. The Kier molecular flexibility index (Phi) is 5.32. The van der Waals surface area contributed by atoms with Crippen LogP contribution < -0.4 is 10.3 Å². The van der Waals surface area contributed by atoms with Crippen molar-refractivity contribution < 1.29 is 9.84 Å². The molecule has 5 rings (SSSR count). The molecule has 0 aliphatic carbocycles. The smallest absolute Gasteiger partial charge is 0.258 e. The van der Waals surface area contributed by atoms with Gasteiger partial charge in [0.1, 0.15) is 12.4 Å². The number of benzene rings is 2. The normalized spacial score (nSPS) is 14.0. The topological polar surface area (TPSA) is 70.5 Å². The maximum atomic E-state index is 12.7. The lowest BCUT2D eigenvalue weighted by molar-refractivity contribution is 0.183. The van der Waals surface area contributed by atoms with E-state index in [1.54, 1.807) is 10.8 Å². The van der Waals surface area contributed by atoms with E-state index in [2.05, 4.69) is 16.0 Å². The zero-order valence-electron chi connectivity index (χ0n) is 17.3. The van der Waals surface area contributed by atoms with Crippen molar-refractivity contribution in [1.82, 2.24) is 14.5 Å². The molecule has 0 unspecified atom stereocenters. The van der Waals surface area contributed by atoms with E-state index in [0.29, 0.717) is 18.9 Å². The molecular weight excluding hydrogens is 390 g/mol. The third kappa shape index (κ3) is 4.00. The second-order valence-electron chi connectivity index (χ2n) is 7.91. The zero-order chi connectivity index (χ0) is 21.2. The van der Waals surface area contributed by atoms with E-state index in [1.807, 2.05) is 48.5 Å². The van der Waals surface area contributed by atoms with Gasteiger partial charge in [0.25, 0.3) is 5.56 Å². The van der Waals surface area contributed by atoms with Gasteiger partial charge in [-0.15, -0.1) is 0 Å². The lowest BCUT2D eigenvalue weighted by Crippen LogP contribution is -2.32. The Hall–Kier alpha value is -3.35. The fourth-order valence-corrected chi connectivity index (χ4v) is 4.28. The average Bonchev–Trinajstić information content (AvgIpc) is 3.15. The number of hydrogen-bond donors (Lipinski definition) is 2. The molecule has 0 radical (unpaired) electrons. The van der Waals surface area contributed by atoms with Gasteiger partial charge >= 0.3 is 0 Å². The third-order valence-corrected chi connectivity index (χ3v) is 5.87. The van der Waals surface area contributed by atoms with Crippen LogP contribution in [0.15, 0.2) is 71.7 Å². The maximum Gasteiger partial charge on any atom is 0.258 e. The van der Waals surface area contributed by atoms with Crippen molar-refractivity contribution in [3.05, 3.63) is 94.0 Å². The van der Waals surface area contributed by atoms with E-state index in [4.69, 9.17) is 4.74 Å². The summed E-state index contributed by atoms with van der Waals surface area (Å²) >= 11 is 0. The van der Waals surface area contributed by atoms with E-state index in [-0.39, 0.29) is 12.2 Å². The number of β-amino-alcohol motifs (C(OH)–C–C–N with tert-alkyl or cyclic N) is 1. The van der Waals surface area contributed by atoms with Crippen LogP contribution in [0.5, 0.6) is 5.75 Å². The molecule has 0 fully saturated rings. The molecule has 1 aliphatic heterocycles. The molecule has 0 amide bonds. The van der Waals surface area contributed by atoms with Crippen molar-refractivity contribution in [1.29, 1.82) is 0 Å². The third-order valence-electron chi connectivity index (χ3n) is 5.87. The molecule has 0 saturated carbocycles. The number of nitrogens with zero attached hydrogens (tertiary/aromatic N) is 2. The second kappa shape index (κ2) is 8.41. The van der Waals surface area contributed by atoms with Gasteiger partial charge in [0.05, 0.1) is 12.3 Å². The van der Waals surface area contributed by atoms with Crippen molar-refractivity contribution in [3.8, 4) is 11.4 Å². The van der Waals surface area contributed by atoms with Crippen molar-refractivity contribution >= 4 is 10.9 Å². The minimum absolute atomic E-state index is 0.129. The fraction of sp³-hybridized carbons (Fsp3) is 0.240. The highest BCUT2D eigenvalue weighted by Crippen LogP contribution is 2.29. The molecule has 0 saturated heterocycles. The molecule has 2 aromatic heterocycles. The highest BCUT2D eigenvalue weighted by Gasteiger charge is 2.20. The molecule has 158 valence electrons. The number of pyridine rings is 1. The summed E-state index contributed by atoms with van der Waals surface area (Å²) in [6.07, 6.45) is 2.72. The van der Waals surface area contributed by atoms with Crippen LogP contribution in [0.25, 0.3) is 16.6 Å². The van der Waals surface area contributed by atoms with Crippen LogP contribution in [0.4, 0.5) is 0 Å². The van der Waals surface area contributed by atoms with E-state index in [0.717, 1.165) is 36.3 Å². The Morgan fingerprint density at radius 2 is 1.94 bits per heavy atom. The SMILES string of the molecule is O=c1cc(OCc2ccccc2)ccn1-c1ccc2c3c([nH]c2c1)CN(CCO)CC3. The molecule has 0 bridgehead atoms. The first-order valence-electron chi connectivity index (χ1n) is 10.6. The summed E-state index contributed by atoms with van der Waals surface area (Å²) in [6, 6.07) is 19.3. The summed E-state index contributed by atoms with van der Waals surface area (Å²) in [5.41, 5.74) is 5.32. The first-order chi connectivity index (χ1) is 15.2. The minimum atomic E-state index is -0.129. The summed E-state index contributed by atoms with van der Waals surface area (Å²) in [6.45, 7) is 3.05. The van der Waals surface area contributed by atoms with Crippen molar-refractivity contribution in [2.45, 2.75) is 19.6 Å². The Balaban J connectivity index is 1.38. The Labute approximate surface area is 180 Å². The van der Waals surface area contributed by atoms with Crippen molar-refractivity contribution in [2.75, 3.05) is 19.7 Å². The molecule has 1 aliphatic rings. The Morgan fingerprint density at radius 1 is 1.06 bits per heavy atom. The summed E-state index contributed by atoms with van der Waals surface area (Å²) in [5.74, 6) is 0.561. The van der Waals surface area contributed by atoms with Crippen LogP contribution in [0, 0.1) is 0 Å². The molecule has 0 atom stereocenters. The van der Waals surface area contributed by atoms with Gasteiger partial charge in [-0.1, -0.05) is 36.4 Å². The van der Waals surface area contributed by atoms with Gasteiger partial charge < -0.3 is 14.8 Å². The van der Waals surface area contributed by atoms with E-state index in [1.165, 1.54) is 22.7 Å². The molecule has 4 aromatic rings. The maximum absolute atomic E-state index is 12.7. The fourth-order valence-electron chi connectivity index (χ4n) is 4.28. The first-order valence-corrected chi connectivity index (χ1v) is 10.6. The minimum Gasteiger partial charge on any atom is -0.489 e. The van der Waals surface area contributed by atoms with Crippen LogP contribution in [-0.2, 0) is 19.6 Å². The van der Waals surface area contributed by atoms with Gasteiger partial charge in [0.2, 0.25) is 0 Å². The molecule has 31 heavy (non-hydrogen) atoms. The zero-order valence-corrected chi connectivity index (χ0v) is 17.3. The average molecular weight is 415 g/mol. The van der Waals surface area contributed by atoms with Gasteiger partial charge in [0, 0.05) is 48.5 Å². The lowest BCUT2D eigenvalue weighted by atomic mass is 10.0. The summed E-state index contributed by atoms with van der Waals surface area (Å²) < 4.78 is 7.41. The predicted molar refractivity (Wildman–Crippen MR) is 121 cm³/mol. The number of rotatable bonds is 6. The van der Waals surface area contributed by atoms with Crippen molar-refractivity contribution in [2.24, 2.45) is 0 Å². The van der Waals surface area contributed by atoms with Crippen LogP contribution >= 0.6 is 0 Å². The standard InChI is InChI=1S/C25H25N3O3/c29-13-12-27-10-9-22-21-7-6-19(14-23(21)26-24(22)16-27)28-11-8-20(15-25(28)30)31-17-18-4-2-1-3-5-18/h1-8,11,14-15,26,29H,9-10,12-13,16-17H2. The number of aliphatic hydroxyl groups is 1. The molecule has 2 aromatic carbocycles. The van der Waals surface area contributed by atoms with Gasteiger partial charge in [0.15, 0.2) is 0 Å². The van der Waals surface area contributed by atoms with Gasteiger partial charge in [-0.05, 0) is 35.7 Å². The largest absolute Gasteiger partial charge is 0.489 e. The molecule has 6 heteroatoms. The number of aliphatic hydroxyl groups excluding tert-OH is 1. The van der Waals surface area contributed by atoms with Gasteiger partial charge in [-0.2, -0.15) is 0 Å². The number of ether oxygens (including phenoxy) is 1. The number of H-pyrrole nitrogens is 1. The predicted octanol–water partition coefficient (Wildman–Crippen LogP) is 3.25. The van der Waals surface area contributed by atoms with Crippen LogP contribution in [0.1, 0.15) is 16.8 Å². The summed E-state index contributed by atoms with van der Waals surface area (Å²) in [7, 11) is 0. The van der Waals surface area contributed by atoms with Crippen LogP contribution in [0.3, 0.4) is 0 Å². The Morgan fingerprint density at radius 3 is 2.74 bits per heavy atom. The van der Waals surface area contributed by atoms with E-state index < -0.39 is 0 Å². The van der Waals surface area contributed by atoms with Crippen LogP contribution in [-0.4, -0.2) is 39.3 Å². The first kappa shape index (κ1) is 19.6. The number of fused-ring (bicyclic) bond motifs is 3. The van der Waals surface area contributed by atoms with Crippen molar-refractivity contribution in [3.63, 3.8) is 0 Å². The number of aromatic amines is 1. The molecule has 2 N–H and O–H groups in total. The number of nitrogens with one attached hydrogen (secondary N) is 1. The quantitative estimate of drug-likeness (QED) is 0.507. The molecule has 6 nitrogen and oxygen atoms in total. The highest BCUT2D eigenvalue weighted by molar-refractivity contribution is 5.86. The van der Waals surface area contributed by atoms with E-state index in [9.17, 15) is 9.90 Å². The summed E-state index contributed by atoms with van der Waals surface area (Å²) in [5, 5.41) is 10.4.